The van der Waals surface area contributed by atoms with Crippen LogP contribution in [0.5, 0.6) is 5.75 Å². The van der Waals surface area contributed by atoms with E-state index in [1.807, 2.05) is 27.7 Å². The number of hydrogen-bond acceptors (Lipinski definition) is 9. The van der Waals surface area contributed by atoms with Crippen LogP contribution in [0.2, 0.25) is 0 Å². The summed E-state index contributed by atoms with van der Waals surface area (Å²) in [4.78, 5) is 89.8. The number of carbonyl (C=O) groups excluding carboxylic acids is 5. The minimum absolute atomic E-state index is 0.120. The van der Waals surface area contributed by atoms with Crippen molar-refractivity contribution in [2.75, 3.05) is 19.7 Å². The Labute approximate surface area is 287 Å². The first kappa shape index (κ1) is 35.5. The number of aromatic amines is 1. The predicted molar refractivity (Wildman–Crippen MR) is 183 cm³/mol. The third-order valence-corrected chi connectivity index (χ3v) is 10.1. The highest BCUT2D eigenvalue weighted by Crippen LogP contribution is 2.26. The van der Waals surface area contributed by atoms with E-state index in [0.29, 0.717) is 46.7 Å². The molecule has 5 heterocycles. The molecule has 3 aromatic rings. The number of ether oxygens (including phenoxy) is 1. The molecule has 14 nitrogen and oxygen atoms in total. The van der Waals surface area contributed by atoms with Gasteiger partial charge in [-0.1, -0.05) is 26.0 Å². The van der Waals surface area contributed by atoms with Gasteiger partial charge >= 0.3 is 0 Å². The van der Waals surface area contributed by atoms with Crippen LogP contribution in [0.4, 0.5) is 0 Å². The minimum atomic E-state index is -1.02. The molecule has 49 heavy (non-hydrogen) atoms. The smallest absolute Gasteiger partial charge is 0.259 e. The second-order valence-electron chi connectivity index (χ2n) is 12.9. The molecular formula is C34H43N7O7S. The molecule has 1 fully saturated rings. The minimum Gasteiger partial charge on any atom is -0.484 e. The lowest BCUT2D eigenvalue weighted by Gasteiger charge is -2.31. The number of amides is 5. The number of rotatable bonds is 5. The summed E-state index contributed by atoms with van der Waals surface area (Å²) in [5.41, 5.74) is 1.38. The number of thiophene rings is 1. The topological polar surface area (TPSA) is 192 Å². The quantitative estimate of drug-likeness (QED) is 0.262. The predicted octanol–water partition coefficient (Wildman–Crippen LogP) is 1.02. The zero-order valence-corrected chi connectivity index (χ0v) is 29.1. The van der Waals surface area contributed by atoms with Crippen molar-refractivity contribution < 1.29 is 28.7 Å². The monoisotopic (exact) mass is 693 g/mol. The van der Waals surface area contributed by atoms with Crippen molar-refractivity contribution in [3.05, 3.63) is 56.4 Å². The van der Waals surface area contributed by atoms with E-state index in [1.165, 1.54) is 23.2 Å². The molecule has 0 aliphatic carbocycles. The second-order valence-corrected chi connectivity index (χ2v) is 14.1. The van der Waals surface area contributed by atoms with Gasteiger partial charge in [0, 0.05) is 30.8 Å². The number of carbonyl (C=O) groups is 5. The summed E-state index contributed by atoms with van der Waals surface area (Å²) in [5.74, 6) is -1.79. The number of hydrogen-bond donors (Lipinski definition) is 5. The van der Waals surface area contributed by atoms with Crippen LogP contribution in [0, 0.1) is 19.8 Å². The summed E-state index contributed by atoms with van der Waals surface area (Å²) < 4.78 is 5.67. The van der Waals surface area contributed by atoms with Crippen LogP contribution in [0.3, 0.4) is 0 Å². The van der Waals surface area contributed by atoms with Gasteiger partial charge in [-0.05, 0) is 62.8 Å². The third kappa shape index (κ3) is 8.27. The highest BCUT2D eigenvalue weighted by atomic mass is 32.1. The molecule has 3 aliphatic rings. The van der Waals surface area contributed by atoms with Gasteiger partial charge in [0.15, 0.2) is 6.61 Å². The van der Waals surface area contributed by atoms with E-state index in [4.69, 9.17) is 4.74 Å². The molecule has 4 atom stereocenters. The van der Waals surface area contributed by atoms with E-state index >= 15 is 0 Å². The first-order valence-corrected chi connectivity index (χ1v) is 17.3. The molecule has 2 aromatic heterocycles. The molecule has 15 heteroatoms. The van der Waals surface area contributed by atoms with Crippen LogP contribution in [0.25, 0.3) is 10.2 Å². The number of nitrogens with one attached hydrogen (secondary N) is 5. The Kier molecular flexibility index (Phi) is 11.0. The fourth-order valence-corrected chi connectivity index (χ4v) is 7.09. The summed E-state index contributed by atoms with van der Waals surface area (Å²) in [7, 11) is 0. The van der Waals surface area contributed by atoms with Crippen molar-refractivity contribution in [2.45, 2.75) is 84.5 Å². The van der Waals surface area contributed by atoms with Crippen LogP contribution in [-0.2, 0) is 36.8 Å². The Balaban J connectivity index is 1.33. The maximum atomic E-state index is 13.6. The lowest BCUT2D eigenvalue weighted by molar-refractivity contribution is -0.143. The maximum Gasteiger partial charge on any atom is 0.259 e. The van der Waals surface area contributed by atoms with Crippen molar-refractivity contribution in [3.63, 3.8) is 0 Å². The first-order valence-electron chi connectivity index (χ1n) is 16.5. The summed E-state index contributed by atoms with van der Waals surface area (Å²) in [6.07, 6.45) is 1.38. The van der Waals surface area contributed by atoms with Crippen LogP contribution < -0.4 is 31.6 Å². The number of aromatic nitrogens is 2. The van der Waals surface area contributed by atoms with Gasteiger partial charge in [-0.25, -0.2) is 4.98 Å². The van der Waals surface area contributed by atoms with Gasteiger partial charge < -0.3 is 35.9 Å². The molecule has 1 aromatic carbocycles. The summed E-state index contributed by atoms with van der Waals surface area (Å²) in [6.45, 7) is 9.12. The molecule has 0 spiro atoms. The Hall–Kier alpha value is -4.79. The van der Waals surface area contributed by atoms with Crippen molar-refractivity contribution in [1.29, 1.82) is 0 Å². The standard InChI is InChI=1S/C34H43N7O7S/c1-17(2)28-34(47)41-14-6-7-24(41)31(45)36-19(4)29(43)37-23(15-21-8-10-22(11-9-21)48-16-26(42)40-28)30(44)35-13-12-25-38-32(46)27-18(3)20(5)49-33(27)39-25/h8-11,17,19,23-24,28H,6-7,12-16H2,1-5H3,(H,35,44)(H,36,45)(H,37,43)(H,40,42)(H,38,39,46)/t19-,23-,24+,28-/m0/s1. The lowest BCUT2D eigenvalue weighted by atomic mass is 10.0. The third-order valence-electron chi connectivity index (χ3n) is 8.96. The van der Waals surface area contributed by atoms with Gasteiger partial charge in [-0.3, -0.25) is 28.8 Å². The Morgan fingerprint density at radius 1 is 1.06 bits per heavy atom. The normalized spacial score (nSPS) is 22.4. The van der Waals surface area contributed by atoms with E-state index in [9.17, 15) is 28.8 Å². The van der Waals surface area contributed by atoms with Crippen molar-refractivity contribution in [2.24, 2.45) is 5.92 Å². The highest BCUT2D eigenvalue weighted by Gasteiger charge is 2.39. The van der Waals surface area contributed by atoms with Gasteiger partial charge in [0.1, 0.15) is 40.6 Å². The van der Waals surface area contributed by atoms with Crippen LogP contribution in [0.1, 0.15) is 55.4 Å². The molecule has 6 rings (SSSR count). The van der Waals surface area contributed by atoms with Gasteiger partial charge in [-0.15, -0.1) is 11.3 Å². The average Bonchev–Trinajstić information content (AvgIpc) is 3.66. The fraction of sp³-hybridized carbons (Fsp3) is 0.500. The van der Waals surface area contributed by atoms with E-state index in [1.54, 1.807) is 24.3 Å². The Morgan fingerprint density at radius 2 is 1.80 bits per heavy atom. The van der Waals surface area contributed by atoms with E-state index < -0.39 is 47.8 Å². The molecule has 0 saturated carbocycles. The van der Waals surface area contributed by atoms with Crippen molar-refractivity contribution >= 4 is 51.1 Å². The van der Waals surface area contributed by atoms with Crippen molar-refractivity contribution in [1.82, 2.24) is 36.1 Å². The lowest BCUT2D eigenvalue weighted by Crippen LogP contribution is -2.58. The van der Waals surface area contributed by atoms with E-state index in [0.717, 1.165) is 10.4 Å². The van der Waals surface area contributed by atoms with Crippen LogP contribution >= 0.6 is 11.3 Å². The number of fused-ring (bicyclic) bond motifs is 14. The summed E-state index contributed by atoms with van der Waals surface area (Å²) in [6, 6.07) is 3.06. The van der Waals surface area contributed by atoms with Crippen LogP contribution in [0.15, 0.2) is 29.1 Å². The van der Waals surface area contributed by atoms with Gasteiger partial charge in [0.2, 0.25) is 23.6 Å². The van der Waals surface area contributed by atoms with Gasteiger partial charge in [0.05, 0.1) is 5.39 Å². The van der Waals surface area contributed by atoms with Crippen LogP contribution in [-0.4, -0.2) is 88.3 Å². The Morgan fingerprint density at radius 3 is 2.51 bits per heavy atom. The Bertz CT molecular complexity index is 1800. The molecule has 262 valence electrons. The van der Waals surface area contributed by atoms with E-state index in [2.05, 4.69) is 31.2 Å². The number of H-pyrrole nitrogens is 1. The summed E-state index contributed by atoms with van der Waals surface area (Å²) >= 11 is 1.44. The first-order chi connectivity index (χ1) is 23.3. The van der Waals surface area contributed by atoms with E-state index in [-0.39, 0.29) is 43.4 Å². The fourth-order valence-electron chi connectivity index (χ4n) is 6.04. The second kappa shape index (κ2) is 15.2. The molecule has 0 unspecified atom stereocenters. The number of nitrogens with zero attached hydrogens (tertiary/aromatic N) is 2. The largest absolute Gasteiger partial charge is 0.484 e. The zero-order chi connectivity index (χ0) is 35.4. The highest BCUT2D eigenvalue weighted by molar-refractivity contribution is 7.18. The summed E-state index contributed by atoms with van der Waals surface area (Å²) in [5, 5.41) is 11.6. The molecule has 5 N–H and O–H groups in total. The average molecular weight is 694 g/mol. The molecular weight excluding hydrogens is 650 g/mol. The van der Waals surface area contributed by atoms with Crippen molar-refractivity contribution in [3.8, 4) is 5.75 Å². The molecule has 3 aliphatic heterocycles. The zero-order valence-electron chi connectivity index (χ0n) is 28.3. The molecule has 1 saturated heterocycles. The number of benzene rings is 1. The SMILES string of the molecule is Cc1sc2nc(CCNC(=O)[C@@H]3Cc4ccc(cc4)OCC(=O)N[C@@H](C(C)C)C(=O)N4CCC[C@@H]4C(=O)N[C@@H](C)C(=O)N3)[nH]c(=O)c2c1C. The molecule has 5 amide bonds. The molecule has 0 radical (unpaired) electrons. The van der Waals surface area contributed by atoms with Gasteiger partial charge in [-0.2, -0.15) is 0 Å². The maximum absolute atomic E-state index is 13.6. The number of aryl methyl sites for hydroxylation is 2. The molecule has 2 bridgehead atoms. The van der Waals surface area contributed by atoms with Gasteiger partial charge in [0.25, 0.3) is 11.5 Å².